The lowest BCUT2D eigenvalue weighted by atomic mass is 9.51. The number of carbonyl (C=O) groups excluding carboxylic acids is 1. The number of amides is 1. The minimum atomic E-state index is -0.968. The maximum atomic E-state index is 12.6. The second kappa shape index (κ2) is 5.95. The number of carboxylic acid groups (broad SMARTS) is 1. The SMILES string of the molecule is COCCC(NC(=O)C1C2CC3CC(C2)CC1C3)C(=O)O. The van der Waals surface area contributed by atoms with Crippen LogP contribution in [0.5, 0.6) is 0 Å². The van der Waals surface area contributed by atoms with Crippen LogP contribution in [-0.4, -0.2) is 36.7 Å². The predicted molar refractivity (Wildman–Crippen MR) is 76.6 cm³/mol. The molecule has 5 heteroatoms. The topological polar surface area (TPSA) is 75.6 Å². The molecule has 4 aliphatic carbocycles. The molecule has 0 radical (unpaired) electrons. The number of hydrogen-bond acceptors (Lipinski definition) is 3. The van der Waals surface area contributed by atoms with Gasteiger partial charge >= 0.3 is 5.97 Å². The molecule has 0 aromatic heterocycles. The molecule has 4 aliphatic rings. The molecular formula is C16H25NO4. The monoisotopic (exact) mass is 295 g/mol. The Balaban J connectivity index is 1.63. The second-order valence-electron chi connectivity index (χ2n) is 7.14. The van der Waals surface area contributed by atoms with Gasteiger partial charge < -0.3 is 15.2 Å². The molecule has 0 aliphatic heterocycles. The predicted octanol–water partition coefficient (Wildman–Crippen LogP) is 1.66. The molecule has 1 amide bonds. The largest absolute Gasteiger partial charge is 0.480 e. The van der Waals surface area contributed by atoms with Crippen LogP contribution in [0.4, 0.5) is 0 Å². The van der Waals surface area contributed by atoms with Gasteiger partial charge in [-0.25, -0.2) is 4.79 Å². The van der Waals surface area contributed by atoms with E-state index in [0.29, 0.717) is 24.9 Å². The molecule has 4 bridgehead atoms. The van der Waals surface area contributed by atoms with Crippen LogP contribution in [-0.2, 0) is 14.3 Å². The molecule has 4 saturated carbocycles. The van der Waals surface area contributed by atoms with E-state index in [2.05, 4.69) is 5.32 Å². The first-order chi connectivity index (χ1) is 10.1. The van der Waals surface area contributed by atoms with Crippen LogP contribution >= 0.6 is 0 Å². The Hall–Kier alpha value is -1.10. The first kappa shape index (κ1) is 14.8. The Kier molecular flexibility index (Phi) is 4.20. The molecule has 0 spiro atoms. The van der Waals surface area contributed by atoms with Crippen molar-refractivity contribution in [2.75, 3.05) is 13.7 Å². The van der Waals surface area contributed by atoms with Crippen LogP contribution in [0.15, 0.2) is 0 Å². The zero-order valence-corrected chi connectivity index (χ0v) is 12.6. The zero-order valence-electron chi connectivity index (χ0n) is 12.6. The van der Waals surface area contributed by atoms with E-state index >= 15 is 0 Å². The third kappa shape index (κ3) is 2.93. The minimum absolute atomic E-state index is 0.0349. The molecule has 4 fully saturated rings. The second-order valence-corrected chi connectivity index (χ2v) is 7.14. The van der Waals surface area contributed by atoms with E-state index < -0.39 is 12.0 Å². The highest BCUT2D eigenvalue weighted by molar-refractivity contribution is 5.85. The van der Waals surface area contributed by atoms with Crippen LogP contribution < -0.4 is 5.32 Å². The Morgan fingerprint density at radius 2 is 1.71 bits per heavy atom. The number of ether oxygens (including phenoxy) is 1. The van der Waals surface area contributed by atoms with Crippen molar-refractivity contribution in [2.24, 2.45) is 29.6 Å². The lowest BCUT2D eigenvalue weighted by molar-refractivity contribution is -0.147. The van der Waals surface area contributed by atoms with Crippen molar-refractivity contribution in [3.63, 3.8) is 0 Å². The molecule has 1 atom stereocenters. The van der Waals surface area contributed by atoms with Gasteiger partial charge in [0.2, 0.25) is 5.91 Å². The van der Waals surface area contributed by atoms with Crippen LogP contribution in [0, 0.1) is 29.6 Å². The Labute approximate surface area is 125 Å². The summed E-state index contributed by atoms with van der Waals surface area (Å²) in [6, 6.07) is -0.824. The zero-order chi connectivity index (χ0) is 15.0. The molecule has 21 heavy (non-hydrogen) atoms. The Morgan fingerprint density at radius 1 is 1.14 bits per heavy atom. The molecule has 0 saturated heterocycles. The third-order valence-corrected chi connectivity index (χ3v) is 5.75. The van der Waals surface area contributed by atoms with E-state index in [4.69, 9.17) is 4.74 Å². The van der Waals surface area contributed by atoms with Crippen molar-refractivity contribution in [1.29, 1.82) is 0 Å². The number of rotatable bonds is 6. The quantitative estimate of drug-likeness (QED) is 0.781. The van der Waals surface area contributed by atoms with Gasteiger partial charge in [-0.3, -0.25) is 4.79 Å². The maximum absolute atomic E-state index is 12.6. The minimum Gasteiger partial charge on any atom is -0.480 e. The van der Waals surface area contributed by atoms with E-state index in [-0.39, 0.29) is 11.8 Å². The van der Waals surface area contributed by atoms with Crippen LogP contribution in [0.1, 0.15) is 38.5 Å². The van der Waals surface area contributed by atoms with Crippen molar-refractivity contribution in [1.82, 2.24) is 5.32 Å². The van der Waals surface area contributed by atoms with Gasteiger partial charge in [0, 0.05) is 26.1 Å². The highest BCUT2D eigenvalue weighted by Crippen LogP contribution is 2.56. The number of carboxylic acids is 1. The van der Waals surface area contributed by atoms with E-state index in [1.807, 2.05) is 0 Å². The number of nitrogens with one attached hydrogen (secondary N) is 1. The normalized spacial score (nSPS) is 38.2. The van der Waals surface area contributed by atoms with Gasteiger partial charge in [-0.2, -0.15) is 0 Å². The highest BCUT2D eigenvalue weighted by atomic mass is 16.5. The van der Waals surface area contributed by atoms with Gasteiger partial charge in [-0.15, -0.1) is 0 Å². The summed E-state index contributed by atoms with van der Waals surface area (Å²) in [7, 11) is 1.54. The summed E-state index contributed by atoms with van der Waals surface area (Å²) in [5.74, 6) is 1.65. The van der Waals surface area contributed by atoms with Crippen LogP contribution in [0.3, 0.4) is 0 Å². The summed E-state index contributed by atoms with van der Waals surface area (Å²) in [5.41, 5.74) is 0. The molecule has 0 aromatic carbocycles. The molecule has 1 unspecified atom stereocenters. The average Bonchev–Trinajstić information content (AvgIpc) is 2.41. The summed E-state index contributed by atoms with van der Waals surface area (Å²) in [6.07, 6.45) is 6.35. The van der Waals surface area contributed by atoms with Crippen molar-refractivity contribution in [2.45, 2.75) is 44.6 Å². The van der Waals surface area contributed by atoms with E-state index in [1.165, 1.54) is 32.1 Å². The average molecular weight is 295 g/mol. The summed E-state index contributed by atoms with van der Waals surface area (Å²) in [6.45, 7) is 0.346. The van der Waals surface area contributed by atoms with Gasteiger partial charge in [0.1, 0.15) is 6.04 Å². The lowest BCUT2D eigenvalue weighted by Gasteiger charge is -2.53. The fourth-order valence-electron chi connectivity index (χ4n) is 5.11. The van der Waals surface area contributed by atoms with Crippen LogP contribution in [0.2, 0.25) is 0 Å². The number of aliphatic carboxylic acids is 1. The molecule has 5 nitrogen and oxygen atoms in total. The molecular weight excluding hydrogens is 270 g/mol. The molecule has 4 rings (SSSR count). The third-order valence-electron chi connectivity index (χ3n) is 5.75. The maximum Gasteiger partial charge on any atom is 0.326 e. The fraction of sp³-hybridized carbons (Fsp3) is 0.875. The van der Waals surface area contributed by atoms with Gasteiger partial charge in [0.15, 0.2) is 0 Å². The Morgan fingerprint density at radius 3 is 2.19 bits per heavy atom. The lowest BCUT2D eigenvalue weighted by Crippen LogP contribution is -2.53. The van der Waals surface area contributed by atoms with Gasteiger partial charge in [0.25, 0.3) is 0 Å². The first-order valence-corrected chi connectivity index (χ1v) is 8.10. The van der Waals surface area contributed by atoms with Gasteiger partial charge in [-0.1, -0.05) is 0 Å². The molecule has 0 aromatic rings. The summed E-state index contributed by atoms with van der Waals surface area (Å²) in [5, 5.41) is 12.0. The summed E-state index contributed by atoms with van der Waals surface area (Å²) >= 11 is 0. The molecule has 2 N–H and O–H groups in total. The number of hydrogen-bond donors (Lipinski definition) is 2. The summed E-state index contributed by atoms with van der Waals surface area (Å²) < 4.78 is 4.93. The van der Waals surface area contributed by atoms with Crippen molar-refractivity contribution in [3.05, 3.63) is 0 Å². The van der Waals surface area contributed by atoms with E-state index in [1.54, 1.807) is 7.11 Å². The molecule has 118 valence electrons. The number of methoxy groups -OCH3 is 1. The smallest absolute Gasteiger partial charge is 0.326 e. The van der Waals surface area contributed by atoms with Crippen LogP contribution in [0.25, 0.3) is 0 Å². The molecule has 0 heterocycles. The highest BCUT2D eigenvalue weighted by Gasteiger charge is 2.51. The van der Waals surface area contributed by atoms with Gasteiger partial charge in [0.05, 0.1) is 0 Å². The first-order valence-electron chi connectivity index (χ1n) is 8.10. The standard InChI is InChI=1S/C16H25NO4/c1-21-3-2-13(16(19)20)17-15(18)14-11-5-9-4-10(7-11)8-12(14)6-9/h9-14H,2-8H2,1H3,(H,17,18)(H,19,20). The van der Waals surface area contributed by atoms with E-state index in [0.717, 1.165) is 11.8 Å². The van der Waals surface area contributed by atoms with Crippen molar-refractivity contribution >= 4 is 11.9 Å². The Bertz CT molecular complexity index is 395. The van der Waals surface area contributed by atoms with Crippen molar-refractivity contribution < 1.29 is 19.4 Å². The number of carbonyl (C=O) groups is 2. The van der Waals surface area contributed by atoms with Crippen molar-refractivity contribution in [3.8, 4) is 0 Å². The fourth-order valence-corrected chi connectivity index (χ4v) is 5.11. The van der Waals surface area contributed by atoms with Gasteiger partial charge in [-0.05, 0) is 55.8 Å². The van der Waals surface area contributed by atoms with E-state index in [9.17, 15) is 14.7 Å². The summed E-state index contributed by atoms with van der Waals surface area (Å²) in [4.78, 5) is 23.9.